The normalized spacial score (nSPS) is 26.5. The predicted molar refractivity (Wildman–Crippen MR) is 80.0 cm³/mol. The van der Waals surface area contributed by atoms with Gasteiger partial charge in [-0.15, -0.1) is 0 Å². The second-order valence-electron chi connectivity index (χ2n) is 7.59. The third-order valence-electron chi connectivity index (χ3n) is 5.19. The number of ether oxygens (including phenoxy) is 1. The maximum Gasteiger partial charge on any atom is 0.454 e. The van der Waals surface area contributed by atoms with Crippen LogP contribution in [-0.2, 0) is 9.53 Å². The van der Waals surface area contributed by atoms with Crippen molar-refractivity contribution >= 4 is 5.97 Å². The van der Waals surface area contributed by atoms with Crippen molar-refractivity contribution in [3.63, 3.8) is 0 Å². The molecule has 1 aliphatic carbocycles. The highest BCUT2D eigenvalue weighted by atomic mass is 19.4. The molecular weight excluding hydrogens is 541 g/mol. The van der Waals surface area contributed by atoms with Gasteiger partial charge in [-0.25, -0.2) is 4.79 Å². The first-order chi connectivity index (χ1) is 15.1. The van der Waals surface area contributed by atoms with Crippen molar-refractivity contribution in [1.82, 2.24) is 0 Å². The molecule has 19 heteroatoms. The summed E-state index contributed by atoms with van der Waals surface area (Å²) in [6.45, 7) is 2.18. The third kappa shape index (κ3) is 5.59. The van der Waals surface area contributed by atoms with Gasteiger partial charge in [0.05, 0.1) is 0 Å². The highest BCUT2D eigenvalue weighted by molar-refractivity contribution is 5.89. The minimum Gasteiger partial charge on any atom is -0.459 e. The van der Waals surface area contributed by atoms with Crippen molar-refractivity contribution in [2.75, 3.05) is 0 Å². The predicted octanol–water partition coefficient (Wildman–Crippen LogP) is 5.14. The number of carbonyl (C=O) groups excluding carboxylic acids is 1. The molecule has 35 heavy (non-hydrogen) atoms. The summed E-state index contributed by atoms with van der Waals surface area (Å²) in [5.41, 5.74) is -2.41. The van der Waals surface area contributed by atoms with Crippen molar-refractivity contribution in [2.45, 2.75) is 67.5 Å². The number of hydrogen-bond acceptors (Lipinski definition) is 4. The average molecular weight is 554 g/mol. The number of halogens is 15. The minimum absolute atomic E-state index is 1.91. The minimum atomic E-state index is -6.84. The fourth-order valence-electron chi connectivity index (χ4n) is 3.21. The Bertz CT molecular complexity index is 763. The first-order valence-corrected chi connectivity index (χ1v) is 8.81. The van der Waals surface area contributed by atoms with E-state index in [4.69, 9.17) is 10.2 Å². The molecule has 0 radical (unpaired) electrons. The molecule has 206 valence electrons. The molecule has 4 unspecified atom stereocenters. The molecular formula is C16H13F15O4. The first-order valence-electron chi connectivity index (χ1n) is 8.81. The van der Waals surface area contributed by atoms with Crippen LogP contribution in [0.4, 0.5) is 65.9 Å². The Morgan fingerprint density at radius 3 is 1.23 bits per heavy atom. The van der Waals surface area contributed by atoms with E-state index < -0.39 is 90.8 Å². The van der Waals surface area contributed by atoms with E-state index in [9.17, 15) is 70.7 Å². The molecule has 0 spiro atoms. The summed E-state index contributed by atoms with van der Waals surface area (Å²) >= 11 is 0. The maximum absolute atomic E-state index is 14.2. The van der Waals surface area contributed by atoms with Gasteiger partial charge in [-0.3, -0.25) is 0 Å². The van der Waals surface area contributed by atoms with Gasteiger partial charge < -0.3 is 14.9 Å². The Hall–Kier alpha value is -1.92. The molecule has 2 N–H and O–H groups in total. The third-order valence-corrected chi connectivity index (χ3v) is 5.19. The quantitative estimate of drug-likeness (QED) is 0.271. The number of carbonyl (C=O) groups is 1. The Labute approximate surface area is 184 Å². The summed E-state index contributed by atoms with van der Waals surface area (Å²) in [4.78, 5) is 11.5. The van der Waals surface area contributed by atoms with Gasteiger partial charge in [0, 0.05) is 11.8 Å². The number of hydrogen-bond donors (Lipinski definition) is 2. The van der Waals surface area contributed by atoms with Gasteiger partial charge in [-0.2, -0.15) is 65.9 Å². The zero-order chi connectivity index (χ0) is 28.2. The number of alkyl halides is 15. The Balaban J connectivity index is 3.52. The van der Waals surface area contributed by atoms with Crippen LogP contribution in [0.15, 0.2) is 12.2 Å². The van der Waals surface area contributed by atoms with Crippen molar-refractivity contribution in [3.05, 3.63) is 12.2 Å². The first kappa shape index (κ1) is 31.1. The fraction of sp³-hybridized carbons (Fsp3) is 0.812. The monoisotopic (exact) mass is 554 g/mol. The Morgan fingerprint density at radius 2 is 0.971 bits per heavy atom. The smallest absolute Gasteiger partial charge is 0.454 e. The molecule has 0 amide bonds. The highest BCUT2D eigenvalue weighted by Gasteiger charge is 2.77. The Kier molecular flexibility index (Phi) is 7.89. The summed E-state index contributed by atoms with van der Waals surface area (Å²) in [6.07, 6.45) is -28.2. The van der Waals surface area contributed by atoms with Crippen LogP contribution < -0.4 is 0 Å². The van der Waals surface area contributed by atoms with E-state index in [0.717, 1.165) is 0 Å². The van der Waals surface area contributed by atoms with Crippen molar-refractivity contribution < 1.29 is 85.6 Å². The zero-order valence-corrected chi connectivity index (χ0v) is 16.4. The van der Waals surface area contributed by atoms with E-state index in [1.54, 1.807) is 0 Å². The number of rotatable bonds is 6. The number of aliphatic hydroxyl groups is 2. The zero-order valence-electron chi connectivity index (χ0n) is 16.4. The lowest BCUT2D eigenvalue weighted by Gasteiger charge is -2.45. The summed E-state index contributed by atoms with van der Waals surface area (Å²) in [6, 6.07) is 0. The van der Waals surface area contributed by atoms with Crippen LogP contribution in [-0.4, -0.2) is 64.4 Å². The maximum atomic E-state index is 14.2. The molecule has 0 saturated heterocycles. The van der Waals surface area contributed by atoms with Gasteiger partial charge in [0.15, 0.2) is 0 Å². The molecule has 0 aromatic carbocycles. The van der Waals surface area contributed by atoms with Crippen LogP contribution in [0, 0.1) is 11.8 Å². The lowest BCUT2D eigenvalue weighted by Crippen LogP contribution is -2.63. The summed E-state index contributed by atoms with van der Waals surface area (Å²) in [5.74, 6) is -35.3. The molecule has 4 nitrogen and oxygen atoms in total. The molecule has 1 fully saturated rings. The van der Waals surface area contributed by atoms with Gasteiger partial charge in [0.1, 0.15) is 11.7 Å². The van der Waals surface area contributed by atoms with Crippen LogP contribution in [0.5, 0.6) is 0 Å². The SMILES string of the molecule is C=C(C(=O)OC1CC(C(F)(F)C(O)(F)C(F)(F)F)CC(C(F)(F)C(O)(F)C(F)(F)F)C1)C(F)(F)F. The number of esters is 1. The topological polar surface area (TPSA) is 66.8 Å². The van der Waals surface area contributed by atoms with Gasteiger partial charge in [0.25, 0.3) is 0 Å². The molecule has 4 atom stereocenters. The van der Waals surface area contributed by atoms with E-state index in [1.165, 1.54) is 0 Å². The lowest BCUT2D eigenvalue weighted by molar-refractivity contribution is -0.409. The summed E-state index contributed by atoms with van der Waals surface area (Å²) in [5, 5.41) is 17.3. The highest BCUT2D eigenvalue weighted by Crippen LogP contribution is 2.56. The second-order valence-corrected chi connectivity index (χ2v) is 7.59. The molecule has 0 aromatic heterocycles. The lowest BCUT2D eigenvalue weighted by atomic mass is 9.71. The Morgan fingerprint density at radius 1 is 0.657 bits per heavy atom. The fourth-order valence-corrected chi connectivity index (χ4v) is 3.21. The van der Waals surface area contributed by atoms with Crippen LogP contribution in [0.25, 0.3) is 0 Å². The average Bonchev–Trinajstić information content (AvgIpc) is 2.64. The van der Waals surface area contributed by atoms with Gasteiger partial charge in [-0.05, 0) is 19.3 Å². The molecule has 1 aliphatic rings. The van der Waals surface area contributed by atoms with Crippen LogP contribution in [0.3, 0.4) is 0 Å². The summed E-state index contributed by atoms with van der Waals surface area (Å²) in [7, 11) is 0. The second kappa shape index (κ2) is 8.88. The van der Waals surface area contributed by atoms with Gasteiger partial charge in [-0.1, -0.05) is 6.58 Å². The molecule has 1 saturated carbocycles. The van der Waals surface area contributed by atoms with E-state index in [-0.39, 0.29) is 0 Å². The van der Waals surface area contributed by atoms with Gasteiger partial charge in [0.2, 0.25) is 0 Å². The molecule has 1 rings (SSSR count). The standard InChI is InChI=1S/C16H13F15O4/c1-5(12(21,22)23)9(32)35-8-3-6(10(17,18)13(24,33)15(26,27)28)2-7(4-8)11(19,20)14(25,34)16(29,30)31/h6-8,33-34H,1-4H2. The van der Waals surface area contributed by atoms with Crippen LogP contribution in [0.2, 0.25) is 0 Å². The van der Waals surface area contributed by atoms with Crippen molar-refractivity contribution in [2.24, 2.45) is 11.8 Å². The summed E-state index contributed by atoms with van der Waals surface area (Å²) < 4.78 is 201. The van der Waals surface area contributed by atoms with Crippen molar-refractivity contribution in [1.29, 1.82) is 0 Å². The van der Waals surface area contributed by atoms with Crippen LogP contribution >= 0.6 is 0 Å². The van der Waals surface area contributed by atoms with E-state index in [2.05, 4.69) is 11.3 Å². The van der Waals surface area contributed by atoms with E-state index >= 15 is 0 Å². The molecule has 0 aromatic rings. The molecule has 0 heterocycles. The molecule has 0 bridgehead atoms. The largest absolute Gasteiger partial charge is 0.459 e. The van der Waals surface area contributed by atoms with E-state index in [0.29, 0.717) is 0 Å². The van der Waals surface area contributed by atoms with E-state index in [1.807, 2.05) is 0 Å². The van der Waals surface area contributed by atoms with Crippen molar-refractivity contribution in [3.8, 4) is 0 Å². The molecule has 0 aliphatic heterocycles. The van der Waals surface area contributed by atoms with Crippen LogP contribution in [0.1, 0.15) is 19.3 Å². The van der Waals surface area contributed by atoms with Gasteiger partial charge >= 0.3 is 48.1 Å².